The van der Waals surface area contributed by atoms with Crippen LogP contribution in [0.1, 0.15) is 41.1 Å². The van der Waals surface area contributed by atoms with E-state index in [1.165, 1.54) is 77.1 Å². The SMILES string of the molecule is Cc1nc(-c2ccc(C3N(C)c4ccc(F)cc4C(=O)N3c3ccccc3[N+](=O)[O-])s2)cs1.Cc1nc(-c2ccc(C=O)s2)cs1.Cn1c(=O)oc(=O)c2cc(F)ccc21.Nc1ccccc1[N+](=O)[O-]. The van der Waals surface area contributed by atoms with Gasteiger partial charge in [-0.3, -0.25) is 39.3 Å². The molecule has 9 aromatic rings. The Bertz CT molecular complexity index is 3550. The summed E-state index contributed by atoms with van der Waals surface area (Å²) in [5.41, 5.74) is 7.46. The highest BCUT2D eigenvalue weighted by atomic mass is 32.1. The third-order valence-electron chi connectivity index (χ3n) is 10.2. The number of halogens is 2. The van der Waals surface area contributed by atoms with Crippen molar-refractivity contribution in [3.8, 4) is 21.1 Å². The highest BCUT2D eigenvalue weighted by Crippen LogP contribution is 2.46. The molecule has 1 amide bonds. The predicted octanol–water partition coefficient (Wildman–Crippen LogP) is 10.8. The molecule has 6 heterocycles. The summed E-state index contributed by atoms with van der Waals surface area (Å²) < 4.78 is 32.3. The van der Waals surface area contributed by atoms with Crippen molar-refractivity contribution >= 4 is 96.9 Å². The van der Waals surface area contributed by atoms with Crippen molar-refractivity contribution in [2.45, 2.75) is 20.0 Å². The van der Waals surface area contributed by atoms with Gasteiger partial charge in [-0.1, -0.05) is 24.3 Å². The summed E-state index contributed by atoms with van der Waals surface area (Å²) >= 11 is 6.12. The first kappa shape index (κ1) is 49.8. The van der Waals surface area contributed by atoms with E-state index in [-0.39, 0.29) is 33.7 Å². The zero-order valence-corrected chi connectivity index (χ0v) is 40.2. The molecule has 1 aliphatic rings. The number of carbonyl (C=O) groups is 2. The minimum atomic E-state index is -0.817. The predicted molar refractivity (Wildman–Crippen MR) is 268 cm³/mol. The monoisotopic (exact) mass is 1020 g/mol. The maximum Gasteiger partial charge on any atom is 0.422 e. The van der Waals surface area contributed by atoms with Gasteiger partial charge in [0.15, 0.2) is 6.29 Å². The Kier molecular flexibility index (Phi) is 15.3. The molecule has 0 saturated heterocycles. The first-order valence-corrected chi connectivity index (χ1v) is 23.7. The molecule has 0 saturated carbocycles. The summed E-state index contributed by atoms with van der Waals surface area (Å²) in [6.45, 7) is 3.91. The molecule has 0 fully saturated rings. The van der Waals surface area contributed by atoms with E-state index in [4.69, 9.17) is 5.73 Å². The number of nitrogens with zero attached hydrogens (tertiary/aromatic N) is 7. The molecule has 0 radical (unpaired) electrons. The highest BCUT2D eigenvalue weighted by Gasteiger charge is 2.41. The van der Waals surface area contributed by atoms with Gasteiger partial charge in [-0.2, -0.15) is 0 Å². The van der Waals surface area contributed by atoms with Crippen LogP contribution in [0, 0.1) is 45.7 Å². The average molecular weight is 1020 g/mol. The van der Waals surface area contributed by atoms with Gasteiger partial charge in [-0.05, 0) is 86.6 Å². The molecular weight excluding hydrogens is 987 g/mol. The van der Waals surface area contributed by atoms with Gasteiger partial charge in [0.2, 0.25) is 0 Å². The van der Waals surface area contributed by atoms with Crippen molar-refractivity contribution < 1.29 is 32.6 Å². The van der Waals surface area contributed by atoms with Crippen LogP contribution in [0.25, 0.3) is 32.0 Å². The van der Waals surface area contributed by atoms with Crippen LogP contribution in [0.3, 0.4) is 0 Å². The van der Waals surface area contributed by atoms with E-state index in [0.717, 1.165) is 57.8 Å². The van der Waals surface area contributed by atoms with Gasteiger partial charge in [0, 0.05) is 41.9 Å². The Morgan fingerprint density at radius 1 is 0.729 bits per heavy atom. The number of fused-ring (bicyclic) bond motifs is 2. The van der Waals surface area contributed by atoms with Gasteiger partial charge in [0.05, 0.1) is 68.0 Å². The van der Waals surface area contributed by atoms with Gasteiger partial charge in [-0.25, -0.2) is 28.3 Å². The normalized spacial score (nSPS) is 12.7. The van der Waals surface area contributed by atoms with Gasteiger partial charge in [-0.15, -0.1) is 45.3 Å². The molecule has 2 N–H and O–H groups in total. The lowest BCUT2D eigenvalue weighted by Crippen LogP contribution is -2.48. The lowest BCUT2D eigenvalue weighted by atomic mass is 10.0. The summed E-state index contributed by atoms with van der Waals surface area (Å²) in [6, 6.07) is 27.4. The molecule has 0 spiro atoms. The van der Waals surface area contributed by atoms with Crippen molar-refractivity contribution in [1.82, 2.24) is 14.5 Å². The molecule has 356 valence electrons. The van der Waals surface area contributed by atoms with Crippen LogP contribution >= 0.6 is 45.3 Å². The number of nitro groups is 2. The maximum atomic E-state index is 14.0. The summed E-state index contributed by atoms with van der Waals surface area (Å²) in [6.07, 6.45) is 0.211. The summed E-state index contributed by atoms with van der Waals surface area (Å²) in [5.74, 6) is -2.34. The largest absolute Gasteiger partial charge is 0.422 e. The third kappa shape index (κ3) is 10.9. The molecule has 10 rings (SSSR count). The number of hydrogen-bond acceptors (Lipinski definition) is 17. The molecule has 0 aliphatic carbocycles. The Morgan fingerprint density at radius 2 is 1.31 bits per heavy atom. The summed E-state index contributed by atoms with van der Waals surface area (Å²) in [4.78, 5) is 82.9. The number of thiophene rings is 2. The quantitative estimate of drug-likeness (QED) is 0.0678. The number of benzene rings is 4. The maximum absolute atomic E-state index is 14.0. The zero-order chi connectivity index (χ0) is 50.4. The van der Waals surface area contributed by atoms with E-state index in [2.05, 4.69) is 14.4 Å². The van der Waals surface area contributed by atoms with Crippen LogP contribution in [0.4, 0.5) is 37.2 Å². The molecule has 1 atom stereocenters. The van der Waals surface area contributed by atoms with Crippen LogP contribution in [-0.2, 0) is 7.05 Å². The number of anilines is 3. The number of nitro benzene ring substituents is 2. The van der Waals surface area contributed by atoms with Crippen LogP contribution < -0.4 is 26.9 Å². The molecule has 0 bridgehead atoms. The standard InChI is InChI=1S/C23H17FN4O3S2.C9H6FNO3.C9H7NOS2.C6H6N2O2/c1-13-25-16(12-32-13)20-9-10-21(33-20)22-26(2)17-8-7-14(24)11-15(17)23(29)27(22)18-5-3-4-6-19(18)28(30)31;1-11-7-3-2-5(10)4-6(7)8(12)14-9(11)13;1-6-10-8(5-12-6)9-3-2-7(4-11)13-9;7-5-3-1-2-4-6(5)8(9)10/h3-12,22H,1-2H3;2-4H,1H3;2-5H,1H3;1-4H,7H2. The Balaban J connectivity index is 0.000000160. The van der Waals surface area contributed by atoms with E-state index in [1.807, 2.05) is 53.8 Å². The smallest absolute Gasteiger partial charge is 0.393 e. The average Bonchev–Trinajstić information content (AvgIpc) is 4.19. The number of hydrogen-bond donors (Lipinski definition) is 1. The van der Waals surface area contributed by atoms with E-state index in [0.29, 0.717) is 11.2 Å². The van der Waals surface area contributed by atoms with Gasteiger partial charge in [0.1, 0.15) is 29.2 Å². The van der Waals surface area contributed by atoms with Crippen LogP contribution in [0.15, 0.2) is 134 Å². The highest BCUT2D eigenvalue weighted by molar-refractivity contribution is 7.17. The molecule has 1 aliphatic heterocycles. The summed E-state index contributed by atoms with van der Waals surface area (Å²) in [7, 11) is 3.24. The van der Waals surface area contributed by atoms with Gasteiger partial charge >= 0.3 is 11.4 Å². The second kappa shape index (κ2) is 21.5. The molecule has 1 unspecified atom stereocenters. The van der Waals surface area contributed by atoms with E-state index in [9.17, 15) is 48.2 Å². The number of carbonyl (C=O) groups excluding carboxylic acids is 2. The number of aldehydes is 1. The van der Waals surface area contributed by atoms with Gasteiger partial charge in [0.25, 0.3) is 17.3 Å². The number of aryl methyl sites for hydroxylation is 3. The Morgan fingerprint density at radius 3 is 1.90 bits per heavy atom. The number of amides is 1. The Labute approximate surface area is 410 Å². The van der Waals surface area contributed by atoms with E-state index >= 15 is 0 Å². The van der Waals surface area contributed by atoms with Crippen molar-refractivity contribution in [2.75, 3.05) is 22.6 Å². The molecule has 23 heteroatoms. The molecule has 70 heavy (non-hydrogen) atoms. The molecule has 4 aromatic carbocycles. The first-order chi connectivity index (χ1) is 33.4. The van der Waals surface area contributed by atoms with Crippen molar-refractivity contribution in [1.29, 1.82) is 0 Å². The molecule has 17 nitrogen and oxygen atoms in total. The topological polar surface area (TPSA) is 231 Å². The van der Waals surface area contributed by atoms with Crippen LogP contribution in [0.5, 0.6) is 0 Å². The van der Waals surface area contributed by atoms with E-state index < -0.39 is 44.9 Å². The minimum absolute atomic E-state index is 0.0394. The number of nitrogens with two attached hydrogens (primary N) is 1. The minimum Gasteiger partial charge on any atom is -0.393 e. The number of thiazole rings is 2. The van der Waals surface area contributed by atoms with Crippen LogP contribution in [-0.4, -0.2) is 43.6 Å². The number of para-hydroxylation sites is 4. The second-order valence-corrected chi connectivity index (χ2v) is 19.1. The lowest BCUT2D eigenvalue weighted by molar-refractivity contribution is -0.384. The second-order valence-electron chi connectivity index (χ2n) is 14.8. The molecular formula is C47H36F2N8O9S4. The fourth-order valence-electron chi connectivity index (χ4n) is 6.97. The van der Waals surface area contributed by atoms with Crippen LogP contribution in [0.2, 0.25) is 0 Å². The fourth-order valence-corrected chi connectivity index (χ4v) is 10.2. The number of aromatic nitrogens is 3. The zero-order valence-electron chi connectivity index (χ0n) is 37.0. The van der Waals surface area contributed by atoms with Gasteiger partial charge < -0.3 is 15.1 Å². The third-order valence-corrected chi connectivity index (χ3v) is 14.0. The fraction of sp³-hybridized carbons (Fsp3) is 0.106. The number of nitrogen functional groups attached to an aromatic ring is 1. The van der Waals surface area contributed by atoms with Crippen molar-refractivity contribution in [2.24, 2.45) is 7.05 Å². The number of rotatable bonds is 7. The molecule has 5 aromatic heterocycles. The van der Waals surface area contributed by atoms with Crippen molar-refractivity contribution in [3.63, 3.8) is 0 Å². The van der Waals surface area contributed by atoms with Crippen molar-refractivity contribution in [3.05, 3.63) is 198 Å². The van der Waals surface area contributed by atoms with E-state index in [1.54, 1.807) is 66.1 Å². The summed E-state index contributed by atoms with van der Waals surface area (Å²) in [5, 5.41) is 28.0. The Hall–Kier alpha value is -8.12. The first-order valence-electron chi connectivity index (χ1n) is 20.3. The lowest BCUT2D eigenvalue weighted by Gasteiger charge is -2.43.